The molecule has 1 aromatic heterocycles. The van der Waals surface area contributed by atoms with Gasteiger partial charge in [-0.1, -0.05) is 6.92 Å². The predicted molar refractivity (Wildman–Crippen MR) is 83.1 cm³/mol. The van der Waals surface area contributed by atoms with Gasteiger partial charge < -0.3 is 5.11 Å². The number of aliphatic carboxylic acids is 1. The van der Waals surface area contributed by atoms with Gasteiger partial charge in [0.1, 0.15) is 4.21 Å². The standard InChI is InChI=1S/C12H19NO4S3/c1-3-18-7-6-9(2)13-20(16,17)12-5-4-10(19-12)8-11(14)15/h4-5,9,13H,3,6-8H2,1-2H3,(H,14,15). The van der Waals surface area contributed by atoms with Gasteiger partial charge in [0.05, 0.1) is 6.42 Å². The number of hydrogen-bond acceptors (Lipinski definition) is 5. The first kappa shape index (κ1) is 17.5. The first-order valence-corrected chi connectivity index (χ1v) is 9.71. The van der Waals surface area contributed by atoms with Gasteiger partial charge in [-0.25, -0.2) is 13.1 Å². The molecule has 0 aromatic carbocycles. The van der Waals surface area contributed by atoms with Crippen LogP contribution in [0.15, 0.2) is 16.3 Å². The normalized spacial score (nSPS) is 13.3. The van der Waals surface area contributed by atoms with Crippen molar-refractivity contribution in [3.05, 3.63) is 17.0 Å². The Bertz CT molecular complexity index is 539. The van der Waals surface area contributed by atoms with Crippen LogP contribution < -0.4 is 4.72 Å². The Balaban J connectivity index is 2.63. The van der Waals surface area contributed by atoms with E-state index >= 15 is 0 Å². The van der Waals surface area contributed by atoms with Crippen LogP contribution >= 0.6 is 23.1 Å². The Hall–Kier alpha value is -0.570. The number of hydrogen-bond donors (Lipinski definition) is 2. The second kappa shape index (κ2) is 8.02. The number of sulfonamides is 1. The van der Waals surface area contributed by atoms with Gasteiger partial charge in [0.2, 0.25) is 10.0 Å². The lowest BCUT2D eigenvalue weighted by Gasteiger charge is -2.12. The molecule has 0 fully saturated rings. The summed E-state index contributed by atoms with van der Waals surface area (Å²) in [6.07, 6.45) is 0.619. The van der Waals surface area contributed by atoms with Crippen LogP contribution in [0.3, 0.4) is 0 Å². The maximum atomic E-state index is 12.1. The predicted octanol–water partition coefficient (Wildman–Crippen LogP) is 2.19. The molecule has 8 heteroatoms. The summed E-state index contributed by atoms with van der Waals surface area (Å²) in [6, 6.07) is 2.87. The fourth-order valence-electron chi connectivity index (χ4n) is 1.53. The Morgan fingerprint density at radius 2 is 2.20 bits per heavy atom. The molecule has 1 unspecified atom stereocenters. The number of carboxylic acids is 1. The molecule has 1 atom stereocenters. The van der Waals surface area contributed by atoms with Crippen molar-refractivity contribution in [3.63, 3.8) is 0 Å². The molecule has 5 nitrogen and oxygen atoms in total. The van der Waals surface area contributed by atoms with E-state index in [1.54, 1.807) is 17.8 Å². The van der Waals surface area contributed by atoms with Crippen LogP contribution in [0, 0.1) is 0 Å². The molecule has 0 aliphatic rings. The molecule has 0 radical (unpaired) electrons. The molecular formula is C12H19NO4S3. The van der Waals surface area contributed by atoms with Crippen molar-refractivity contribution in [3.8, 4) is 0 Å². The lowest BCUT2D eigenvalue weighted by Crippen LogP contribution is -2.32. The van der Waals surface area contributed by atoms with Crippen LogP contribution in [0.25, 0.3) is 0 Å². The highest BCUT2D eigenvalue weighted by atomic mass is 32.2. The van der Waals surface area contributed by atoms with Gasteiger partial charge >= 0.3 is 5.97 Å². The average molecular weight is 337 g/mol. The van der Waals surface area contributed by atoms with Crippen LogP contribution in [-0.4, -0.2) is 37.0 Å². The highest BCUT2D eigenvalue weighted by molar-refractivity contribution is 7.99. The van der Waals surface area contributed by atoms with E-state index in [-0.39, 0.29) is 16.7 Å². The van der Waals surface area contributed by atoms with E-state index in [0.717, 1.165) is 29.3 Å². The summed E-state index contributed by atoms with van der Waals surface area (Å²) in [5.41, 5.74) is 0. The average Bonchev–Trinajstić information content (AvgIpc) is 2.77. The first-order valence-electron chi connectivity index (χ1n) is 6.25. The van der Waals surface area contributed by atoms with E-state index in [9.17, 15) is 13.2 Å². The molecule has 0 spiro atoms. The fraction of sp³-hybridized carbons (Fsp3) is 0.583. The van der Waals surface area contributed by atoms with Gasteiger partial charge in [0.25, 0.3) is 0 Å². The van der Waals surface area contributed by atoms with Crippen LogP contribution in [0.1, 0.15) is 25.1 Å². The highest BCUT2D eigenvalue weighted by Gasteiger charge is 2.19. The molecular weight excluding hydrogens is 318 g/mol. The zero-order valence-corrected chi connectivity index (χ0v) is 13.9. The number of carboxylic acid groups (broad SMARTS) is 1. The number of carbonyl (C=O) groups is 1. The first-order chi connectivity index (χ1) is 9.35. The minimum Gasteiger partial charge on any atom is -0.481 e. The number of rotatable bonds is 9. The zero-order valence-electron chi connectivity index (χ0n) is 11.5. The number of nitrogens with one attached hydrogen (secondary N) is 1. The maximum Gasteiger partial charge on any atom is 0.308 e. The van der Waals surface area contributed by atoms with Gasteiger partial charge in [-0.2, -0.15) is 11.8 Å². The molecule has 1 heterocycles. The summed E-state index contributed by atoms with van der Waals surface area (Å²) in [7, 11) is -3.55. The van der Waals surface area contributed by atoms with Crippen LogP contribution in [0.5, 0.6) is 0 Å². The fourth-order valence-corrected chi connectivity index (χ4v) is 4.98. The van der Waals surface area contributed by atoms with Crippen molar-refractivity contribution in [2.75, 3.05) is 11.5 Å². The lowest BCUT2D eigenvalue weighted by atomic mass is 10.3. The topological polar surface area (TPSA) is 83.5 Å². The summed E-state index contributed by atoms with van der Waals surface area (Å²) in [4.78, 5) is 11.1. The van der Waals surface area contributed by atoms with Gasteiger partial charge in [0.15, 0.2) is 0 Å². The van der Waals surface area contributed by atoms with Crippen LogP contribution in [0.4, 0.5) is 0 Å². The lowest BCUT2D eigenvalue weighted by molar-refractivity contribution is -0.136. The quantitative estimate of drug-likeness (QED) is 0.675. The Kier molecular flexibility index (Phi) is 7.01. The smallest absolute Gasteiger partial charge is 0.308 e. The third kappa shape index (κ3) is 5.82. The summed E-state index contributed by atoms with van der Waals surface area (Å²) < 4.78 is 27.0. The Morgan fingerprint density at radius 1 is 1.50 bits per heavy atom. The largest absolute Gasteiger partial charge is 0.481 e. The second-order valence-electron chi connectivity index (χ2n) is 4.30. The van der Waals surface area contributed by atoms with Crippen molar-refractivity contribution in [2.24, 2.45) is 0 Å². The molecule has 0 aliphatic heterocycles. The highest BCUT2D eigenvalue weighted by Crippen LogP contribution is 2.22. The van der Waals surface area contributed by atoms with Crippen molar-refractivity contribution >= 4 is 39.1 Å². The van der Waals surface area contributed by atoms with E-state index in [2.05, 4.69) is 11.6 Å². The monoisotopic (exact) mass is 337 g/mol. The summed E-state index contributed by atoms with van der Waals surface area (Å²) in [5.74, 6) is 0.964. The molecule has 0 bridgehead atoms. The maximum absolute atomic E-state index is 12.1. The number of thioether (sulfide) groups is 1. The van der Waals surface area contributed by atoms with E-state index in [0.29, 0.717) is 4.88 Å². The molecule has 1 rings (SSSR count). The van der Waals surface area contributed by atoms with Crippen molar-refractivity contribution in [1.29, 1.82) is 0 Å². The van der Waals surface area contributed by atoms with E-state index in [1.807, 2.05) is 6.92 Å². The minimum atomic E-state index is -3.55. The molecule has 1 aromatic rings. The third-order valence-corrected chi connectivity index (χ3v) is 6.58. The van der Waals surface area contributed by atoms with E-state index in [1.165, 1.54) is 6.07 Å². The summed E-state index contributed by atoms with van der Waals surface area (Å²) in [6.45, 7) is 3.90. The van der Waals surface area contributed by atoms with Gasteiger partial charge in [-0.3, -0.25) is 4.79 Å². The van der Waals surface area contributed by atoms with Crippen molar-refractivity contribution in [1.82, 2.24) is 4.72 Å². The molecule has 2 N–H and O–H groups in total. The summed E-state index contributed by atoms with van der Waals surface area (Å²) >= 11 is 2.77. The molecule has 0 aliphatic carbocycles. The van der Waals surface area contributed by atoms with Gasteiger partial charge in [-0.15, -0.1) is 11.3 Å². The van der Waals surface area contributed by atoms with Crippen molar-refractivity contribution in [2.45, 2.75) is 36.9 Å². The Labute approximate surface area is 127 Å². The SMILES string of the molecule is CCSCCC(C)NS(=O)(=O)c1ccc(CC(=O)O)s1. The number of thiophene rings is 1. The second-order valence-corrected chi connectivity index (χ2v) is 8.80. The third-order valence-electron chi connectivity index (χ3n) is 2.48. The Morgan fingerprint density at radius 3 is 2.80 bits per heavy atom. The molecule has 0 saturated carbocycles. The molecule has 0 amide bonds. The van der Waals surface area contributed by atoms with Gasteiger partial charge in [-0.05, 0) is 37.0 Å². The molecule has 114 valence electrons. The molecule has 0 saturated heterocycles. The molecule has 20 heavy (non-hydrogen) atoms. The van der Waals surface area contributed by atoms with Crippen LogP contribution in [-0.2, 0) is 21.2 Å². The minimum absolute atomic E-state index is 0.135. The zero-order chi connectivity index (χ0) is 15.2. The van der Waals surface area contributed by atoms with E-state index < -0.39 is 16.0 Å². The van der Waals surface area contributed by atoms with Crippen molar-refractivity contribution < 1.29 is 18.3 Å². The van der Waals surface area contributed by atoms with Gasteiger partial charge in [0, 0.05) is 10.9 Å². The summed E-state index contributed by atoms with van der Waals surface area (Å²) in [5, 5.41) is 8.68. The van der Waals surface area contributed by atoms with E-state index in [4.69, 9.17) is 5.11 Å². The van der Waals surface area contributed by atoms with Crippen LogP contribution in [0.2, 0.25) is 0 Å².